The molecule has 2 unspecified atom stereocenters. The molecule has 2 N–H and O–H groups in total. The van der Waals surface area contributed by atoms with Crippen LogP contribution in [0.1, 0.15) is 30.1 Å². The molecule has 0 aliphatic carbocycles. The van der Waals surface area contributed by atoms with Gasteiger partial charge in [0.05, 0.1) is 12.2 Å². The fourth-order valence-corrected chi connectivity index (χ4v) is 2.47. The number of likely N-dealkylation sites (N-methyl/N-ethyl adjacent to an activating group) is 1. The molecule has 1 heterocycles. The fourth-order valence-electron chi connectivity index (χ4n) is 2.18. The van der Waals surface area contributed by atoms with Crippen LogP contribution in [-0.2, 0) is 11.8 Å². The van der Waals surface area contributed by atoms with Crippen LogP contribution >= 0.6 is 11.6 Å². The van der Waals surface area contributed by atoms with Gasteiger partial charge in [0.1, 0.15) is 6.04 Å². The molecule has 1 aromatic carbocycles. The van der Waals surface area contributed by atoms with Crippen molar-refractivity contribution in [3.05, 3.63) is 52.8 Å². The lowest BCUT2D eigenvalue weighted by atomic mass is 10.1. The molecular formula is C15H19ClN4O. The Labute approximate surface area is 129 Å². The molecule has 2 rings (SSSR count). The van der Waals surface area contributed by atoms with Gasteiger partial charge in [0.25, 0.3) is 0 Å². The van der Waals surface area contributed by atoms with Crippen molar-refractivity contribution >= 4 is 17.5 Å². The molecule has 2 aromatic rings. The summed E-state index contributed by atoms with van der Waals surface area (Å²) in [7, 11) is 3.52. The monoisotopic (exact) mass is 306 g/mol. The summed E-state index contributed by atoms with van der Waals surface area (Å²) in [5.74, 6) is -0.171. The van der Waals surface area contributed by atoms with Crippen molar-refractivity contribution in [2.45, 2.75) is 19.0 Å². The average molecular weight is 307 g/mol. The summed E-state index contributed by atoms with van der Waals surface area (Å²) in [6.07, 6.45) is 3.35. The molecule has 1 aromatic heterocycles. The first-order valence-electron chi connectivity index (χ1n) is 6.67. The number of nitrogens with zero attached hydrogens (tertiary/aromatic N) is 3. The maximum Gasteiger partial charge on any atom is 0.244 e. The maximum atomic E-state index is 12.5. The average Bonchev–Trinajstić information content (AvgIpc) is 2.91. The van der Waals surface area contributed by atoms with E-state index in [1.54, 1.807) is 36.1 Å². The molecule has 2 atom stereocenters. The fraction of sp³-hybridized carbons (Fsp3) is 0.333. The number of hydrogen-bond donors (Lipinski definition) is 1. The highest BCUT2D eigenvalue weighted by atomic mass is 35.5. The lowest BCUT2D eigenvalue weighted by molar-refractivity contribution is -0.133. The van der Waals surface area contributed by atoms with Gasteiger partial charge in [-0.2, -0.15) is 5.10 Å². The molecule has 0 saturated carbocycles. The molecule has 0 fully saturated rings. The number of amides is 1. The first kappa shape index (κ1) is 15.5. The van der Waals surface area contributed by atoms with E-state index < -0.39 is 6.04 Å². The Morgan fingerprint density at radius 1 is 1.43 bits per heavy atom. The minimum absolute atomic E-state index is 0.158. The minimum atomic E-state index is -0.728. The van der Waals surface area contributed by atoms with Crippen molar-refractivity contribution < 1.29 is 4.79 Å². The molecule has 21 heavy (non-hydrogen) atoms. The third-order valence-corrected chi connectivity index (χ3v) is 3.98. The molecular weight excluding hydrogens is 288 g/mol. The normalized spacial score (nSPS) is 13.8. The van der Waals surface area contributed by atoms with Crippen LogP contribution in [0.2, 0.25) is 5.02 Å². The van der Waals surface area contributed by atoms with Crippen LogP contribution in [0.5, 0.6) is 0 Å². The second kappa shape index (κ2) is 6.28. The largest absolute Gasteiger partial charge is 0.337 e. The molecule has 6 heteroatoms. The summed E-state index contributed by atoms with van der Waals surface area (Å²) in [4.78, 5) is 14.1. The van der Waals surface area contributed by atoms with Gasteiger partial charge < -0.3 is 10.6 Å². The Morgan fingerprint density at radius 2 is 2.10 bits per heavy atom. The number of carbonyl (C=O) groups excluding carboxylic acids is 1. The molecule has 112 valence electrons. The summed E-state index contributed by atoms with van der Waals surface area (Å²) in [6.45, 7) is 1.93. The van der Waals surface area contributed by atoms with Crippen LogP contribution in [0.25, 0.3) is 0 Å². The van der Waals surface area contributed by atoms with Gasteiger partial charge in [0.2, 0.25) is 5.91 Å². The first-order valence-corrected chi connectivity index (χ1v) is 7.05. The summed E-state index contributed by atoms with van der Waals surface area (Å²) in [5, 5.41) is 4.68. The van der Waals surface area contributed by atoms with E-state index in [1.807, 2.05) is 31.2 Å². The van der Waals surface area contributed by atoms with Crippen molar-refractivity contribution in [3.63, 3.8) is 0 Å². The van der Waals surface area contributed by atoms with E-state index in [1.165, 1.54) is 0 Å². The highest BCUT2D eigenvalue weighted by Crippen LogP contribution is 2.27. The van der Waals surface area contributed by atoms with Gasteiger partial charge in [-0.1, -0.05) is 29.8 Å². The third kappa shape index (κ3) is 3.25. The van der Waals surface area contributed by atoms with Gasteiger partial charge in [-0.3, -0.25) is 9.48 Å². The summed E-state index contributed by atoms with van der Waals surface area (Å²) in [5.41, 5.74) is 7.62. The number of aromatic nitrogens is 2. The van der Waals surface area contributed by atoms with E-state index in [9.17, 15) is 4.79 Å². The topological polar surface area (TPSA) is 64.2 Å². The summed E-state index contributed by atoms with van der Waals surface area (Å²) in [6, 6.07) is 6.60. The molecule has 0 bridgehead atoms. The van der Waals surface area contributed by atoms with E-state index in [-0.39, 0.29) is 11.9 Å². The lowest BCUT2D eigenvalue weighted by Crippen LogP contribution is -2.37. The Balaban J connectivity index is 2.17. The minimum Gasteiger partial charge on any atom is -0.337 e. The molecule has 1 amide bonds. The number of rotatable bonds is 4. The number of nitrogens with two attached hydrogens (primary N) is 1. The number of benzene rings is 1. The van der Waals surface area contributed by atoms with Crippen LogP contribution in [0.4, 0.5) is 0 Å². The molecule has 0 radical (unpaired) electrons. The maximum absolute atomic E-state index is 12.5. The van der Waals surface area contributed by atoms with Crippen LogP contribution in [0.15, 0.2) is 36.7 Å². The van der Waals surface area contributed by atoms with E-state index in [0.717, 1.165) is 5.56 Å². The molecule has 0 aliphatic heterocycles. The van der Waals surface area contributed by atoms with Crippen LogP contribution < -0.4 is 5.73 Å². The van der Waals surface area contributed by atoms with Crippen LogP contribution in [0.3, 0.4) is 0 Å². The lowest BCUT2D eigenvalue weighted by Gasteiger charge is -2.28. The zero-order valence-corrected chi connectivity index (χ0v) is 13.1. The molecule has 5 nitrogen and oxygen atoms in total. The highest BCUT2D eigenvalue weighted by molar-refractivity contribution is 6.31. The van der Waals surface area contributed by atoms with Gasteiger partial charge in [-0.25, -0.2) is 0 Å². The van der Waals surface area contributed by atoms with E-state index >= 15 is 0 Å². The van der Waals surface area contributed by atoms with Crippen molar-refractivity contribution in [1.82, 2.24) is 14.7 Å². The molecule has 0 saturated heterocycles. The zero-order valence-electron chi connectivity index (χ0n) is 12.3. The zero-order chi connectivity index (χ0) is 15.6. The quantitative estimate of drug-likeness (QED) is 0.942. The van der Waals surface area contributed by atoms with Crippen molar-refractivity contribution in [1.29, 1.82) is 0 Å². The number of hydrogen-bond acceptors (Lipinski definition) is 3. The highest BCUT2D eigenvalue weighted by Gasteiger charge is 2.25. The third-order valence-electron chi connectivity index (χ3n) is 3.63. The van der Waals surface area contributed by atoms with E-state index in [4.69, 9.17) is 17.3 Å². The predicted molar refractivity (Wildman–Crippen MR) is 82.8 cm³/mol. The van der Waals surface area contributed by atoms with Crippen LogP contribution in [-0.4, -0.2) is 27.6 Å². The Hall–Kier alpha value is -1.85. The van der Waals surface area contributed by atoms with Crippen molar-refractivity contribution in [3.8, 4) is 0 Å². The summed E-state index contributed by atoms with van der Waals surface area (Å²) < 4.78 is 1.62. The smallest absolute Gasteiger partial charge is 0.244 e. The standard InChI is InChI=1S/C15H19ClN4O/c1-10(12-6-4-5-7-13(12)16)20(3)15(21)14(17)11-8-18-19(2)9-11/h4-10,14H,17H2,1-3H3. The van der Waals surface area contributed by atoms with Gasteiger partial charge in [-0.05, 0) is 18.6 Å². The van der Waals surface area contributed by atoms with E-state index in [2.05, 4.69) is 5.10 Å². The second-order valence-corrected chi connectivity index (χ2v) is 5.48. The molecule has 0 aliphatic rings. The Morgan fingerprint density at radius 3 is 2.67 bits per heavy atom. The van der Waals surface area contributed by atoms with Crippen molar-refractivity contribution in [2.75, 3.05) is 7.05 Å². The number of halogens is 1. The number of carbonyl (C=O) groups is 1. The summed E-state index contributed by atoms with van der Waals surface area (Å²) >= 11 is 6.19. The predicted octanol–water partition coefficient (Wildman–Crippen LogP) is 2.29. The number of aryl methyl sites for hydroxylation is 1. The Kier molecular flexibility index (Phi) is 4.65. The van der Waals surface area contributed by atoms with Gasteiger partial charge in [0, 0.05) is 30.9 Å². The van der Waals surface area contributed by atoms with E-state index in [0.29, 0.717) is 10.6 Å². The molecule has 0 spiro atoms. The Bertz CT molecular complexity index is 640. The second-order valence-electron chi connectivity index (χ2n) is 5.07. The van der Waals surface area contributed by atoms with Gasteiger partial charge in [-0.15, -0.1) is 0 Å². The van der Waals surface area contributed by atoms with Crippen molar-refractivity contribution in [2.24, 2.45) is 12.8 Å². The van der Waals surface area contributed by atoms with Crippen LogP contribution in [0, 0.1) is 0 Å². The SMILES string of the molecule is CC(c1ccccc1Cl)N(C)C(=O)C(N)c1cnn(C)c1. The van der Waals surface area contributed by atoms with Gasteiger partial charge in [0.15, 0.2) is 0 Å². The first-order chi connectivity index (χ1) is 9.91. The van der Waals surface area contributed by atoms with Gasteiger partial charge >= 0.3 is 0 Å².